The zero-order chi connectivity index (χ0) is 70.3. The van der Waals surface area contributed by atoms with Crippen molar-refractivity contribution in [3.63, 3.8) is 0 Å². The number of likely N-dealkylation sites (N-methyl/N-ethyl adjacent to an activating group) is 1. The van der Waals surface area contributed by atoms with Gasteiger partial charge in [-0.3, -0.25) is 0 Å². The van der Waals surface area contributed by atoms with Crippen LogP contribution in [0.2, 0.25) is 0 Å². The van der Waals surface area contributed by atoms with Crippen molar-refractivity contribution in [2.24, 2.45) is 0 Å². The van der Waals surface area contributed by atoms with E-state index in [1.807, 2.05) is 84.9 Å². The smallest absolute Gasteiger partial charge is 0.373 e. The van der Waals surface area contributed by atoms with E-state index in [1.165, 1.54) is 78.0 Å². The largest absolute Gasteiger partial charge is 1.00 e. The third-order valence-corrected chi connectivity index (χ3v) is 22.9. The van der Waals surface area contributed by atoms with E-state index in [0.717, 1.165) is 43.5 Å². The highest BCUT2D eigenvalue weighted by Crippen LogP contribution is 2.50. The Morgan fingerprint density at radius 2 is 1.04 bits per heavy atom. The molecular weight excluding hydrogens is 1820 g/mol. The zero-order valence-electron chi connectivity index (χ0n) is 56.4. The molecule has 0 radical (unpaired) electrons. The molecule has 5 aromatic rings. The van der Waals surface area contributed by atoms with E-state index in [4.69, 9.17) is 0 Å². The van der Waals surface area contributed by atoms with Gasteiger partial charge < -0.3 is 48.2 Å². The number of carbonyl (C=O) groups is 2. The second-order valence-corrected chi connectivity index (χ2v) is 33.7. The molecule has 0 saturated heterocycles. The van der Waals surface area contributed by atoms with Gasteiger partial charge in [0.05, 0.1) is 31.6 Å². The number of carboxylic acid groups (broad SMARTS) is 2. The summed E-state index contributed by atoms with van der Waals surface area (Å²) in [5.41, 5.74) is 11.9. The van der Waals surface area contributed by atoms with Crippen LogP contribution in [0.25, 0.3) is 0 Å². The number of hydrogen-bond acceptors (Lipinski definition) is 9. The molecule has 5 aromatic carbocycles. The van der Waals surface area contributed by atoms with E-state index in [2.05, 4.69) is 239 Å². The summed E-state index contributed by atoms with van der Waals surface area (Å²) in [4.78, 5) is 25.9. The average Bonchev–Trinajstić information content (AvgIpc) is 1.60. The van der Waals surface area contributed by atoms with Crippen LogP contribution in [0.3, 0.4) is 0 Å². The highest BCUT2D eigenvalue weighted by atomic mass is 127. The quantitative estimate of drug-likeness (QED) is 0.0306. The first-order valence-electron chi connectivity index (χ1n) is 31.5. The second-order valence-electron chi connectivity index (χ2n) is 26.1. The van der Waals surface area contributed by atoms with Gasteiger partial charge >= 0.3 is 11.9 Å². The summed E-state index contributed by atoms with van der Waals surface area (Å²) in [6, 6.07) is 26.3. The van der Waals surface area contributed by atoms with Crippen molar-refractivity contribution in [3.05, 3.63) is 218 Å². The fourth-order valence-electron chi connectivity index (χ4n) is 13.1. The van der Waals surface area contributed by atoms with Gasteiger partial charge in [0.1, 0.15) is 27.3 Å². The molecule has 14 nitrogen and oxygen atoms in total. The molecule has 21 heteroatoms. The van der Waals surface area contributed by atoms with Crippen LogP contribution in [0.1, 0.15) is 143 Å². The minimum atomic E-state index is -4.67. The maximum atomic E-state index is 12.5. The average molecular weight is 1900 g/mol. The van der Waals surface area contributed by atoms with Crippen LogP contribution in [-0.2, 0) is 57.9 Å². The lowest BCUT2D eigenvalue weighted by Gasteiger charge is -2.24. The topological polar surface area (TPSA) is 201 Å². The van der Waals surface area contributed by atoms with E-state index >= 15 is 0 Å². The molecule has 96 heavy (non-hydrogen) atoms. The molecule has 0 fully saturated rings. The number of carboxylic acids is 2. The van der Waals surface area contributed by atoms with Crippen molar-refractivity contribution in [3.8, 4) is 0 Å². The van der Waals surface area contributed by atoms with E-state index in [1.54, 1.807) is 21.3 Å². The lowest BCUT2D eigenvalue weighted by atomic mass is 9.81. The van der Waals surface area contributed by atoms with Crippen LogP contribution >= 0.6 is 90.4 Å². The Bertz CT molecular complexity index is 4370. The van der Waals surface area contributed by atoms with Crippen LogP contribution in [0, 0.1) is 14.3 Å². The van der Waals surface area contributed by atoms with Crippen molar-refractivity contribution in [1.29, 1.82) is 0 Å². The summed E-state index contributed by atoms with van der Waals surface area (Å²) in [5.74, 6) is -1.86. The van der Waals surface area contributed by atoms with Crippen molar-refractivity contribution >= 4 is 162 Å². The number of benzene rings is 5. The molecule has 0 aromatic heterocycles. The molecule has 0 spiro atoms. The Morgan fingerprint density at radius 1 is 0.573 bits per heavy atom. The fourth-order valence-corrected chi connectivity index (χ4v) is 19.1. The van der Waals surface area contributed by atoms with Gasteiger partial charge in [-0.25, -0.2) is 26.4 Å². The lowest BCUT2D eigenvalue weighted by Crippen LogP contribution is -3.00. The van der Waals surface area contributed by atoms with Crippen LogP contribution < -0.4 is 28.9 Å². The number of anilines is 1. The third kappa shape index (κ3) is 18.0. The van der Waals surface area contributed by atoms with Crippen LogP contribution in [0.5, 0.6) is 0 Å². The summed E-state index contributed by atoms with van der Waals surface area (Å²) >= 11 is 9.65. The molecule has 0 bridgehead atoms. The predicted molar refractivity (Wildman–Crippen MR) is 414 cm³/mol. The normalized spacial score (nSPS) is 17.7. The highest BCUT2D eigenvalue weighted by Gasteiger charge is 2.51. The van der Waals surface area contributed by atoms with Gasteiger partial charge in [0.25, 0.3) is 12.1 Å². The monoisotopic (exact) mass is 1900 g/mol. The second kappa shape index (κ2) is 33.3. The van der Waals surface area contributed by atoms with Crippen molar-refractivity contribution < 1.29 is 83.4 Å². The van der Waals surface area contributed by atoms with Crippen LogP contribution in [0.15, 0.2) is 185 Å². The third-order valence-electron chi connectivity index (χ3n) is 18.3. The van der Waals surface area contributed by atoms with Gasteiger partial charge in [-0.1, -0.05) is 132 Å². The van der Waals surface area contributed by atoms with Crippen LogP contribution in [-0.4, -0.2) is 105 Å². The lowest BCUT2D eigenvalue weighted by molar-refractivity contribution is -0.472. The highest BCUT2D eigenvalue weighted by molar-refractivity contribution is 14.1. The maximum Gasteiger partial charge on any atom is 0.373 e. The van der Waals surface area contributed by atoms with Gasteiger partial charge in [-0.15, -0.1) is 0 Å². The standard InChI is InChI=1S/C34H38I2N2O5S.C24H24I2N.C17H23NO5S.HI/c1-7-8-14-27(32(39)40)38-26-18-17-23(44(41,42)43)21-24(26)33(2,3)30(38)16-13-11-9-10-12-15-29-34(4,5)31-25(36)19-22(35)20-28(31)37(29)6;1-24(2)22(27(3)21-17-19(25)16-20(26)23(21)24)15-11-6-4-5-8-12-18-13-9-7-10-14-18;1-5-6-7-15(16(19)20)18-11(2)17(3,4)13-10-12(24(21,22)23)8-9-14(13)18;/h9-13,15-21,27H,7-8,14H2,1-6H3,(H-,39,40,41,42,43);4-11,13-17H,12H2,1-3H3;8-10,15H,5-7H2,1-4H3,(H-,19,20,21,22,23);1H/q;+1;;/p-1/b;6-4+,8-5+,15-11+;;. The Morgan fingerprint density at radius 3 is 1.57 bits per heavy atom. The van der Waals surface area contributed by atoms with Crippen molar-refractivity contribution in [2.45, 2.75) is 165 Å². The number of fused-ring (bicyclic) bond motifs is 4. The van der Waals surface area contributed by atoms with Gasteiger partial charge in [-0.05, 0) is 205 Å². The van der Waals surface area contributed by atoms with Gasteiger partial charge in [0.15, 0.2) is 17.1 Å². The molecule has 4 aliphatic rings. The predicted octanol–water partition coefficient (Wildman–Crippen LogP) is 14.2. The molecule has 4 heterocycles. The minimum absolute atomic E-state index is 0. The first-order chi connectivity index (χ1) is 44.4. The molecule has 2 unspecified atom stereocenters. The van der Waals surface area contributed by atoms with E-state index in [0.29, 0.717) is 35.3 Å². The van der Waals surface area contributed by atoms with E-state index < -0.39 is 55.1 Å². The molecule has 0 aliphatic carbocycles. The first-order valence-corrected chi connectivity index (χ1v) is 38.6. The molecule has 0 saturated carbocycles. The number of unbranched alkanes of at least 4 members (excludes halogenated alkanes) is 2. The Balaban J connectivity index is 0.000000241. The summed E-state index contributed by atoms with van der Waals surface area (Å²) in [6.07, 6.45) is 31.7. The summed E-state index contributed by atoms with van der Waals surface area (Å²) in [5, 5.41) is 19.9. The molecule has 2 N–H and O–H groups in total. The summed E-state index contributed by atoms with van der Waals surface area (Å²) in [7, 11) is -4.95. The zero-order valence-corrected chi connectivity index (χ0v) is 68.8. The SMILES string of the molecule is CCCCC(C(=O)O)[N+]1=C(C)C(C)(C)c2cc(S(=O)(=O)[O-])ccc21.CCCCC(C(=O)O)[N+]1=C(C=CC=CC=CC=C2N(C)c3cc(I)cc(I)c3C2(C)C)C(C)(C)c2cc(S(=O)(=O)[O-])ccc21.C[N+]1=C(/C=C/C=C/C=C/Cc2ccccc2)C(C)(C)c2c(I)cc(I)cc21.[I-]. The first kappa shape index (κ1) is 80.5. The Labute approximate surface area is 640 Å². The van der Waals surface area contributed by atoms with E-state index in [-0.39, 0.29) is 44.6 Å². The van der Waals surface area contributed by atoms with Gasteiger partial charge in [0, 0.05) is 105 Å². The minimum Gasteiger partial charge on any atom is -1.00 e. The summed E-state index contributed by atoms with van der Waals surface area (Å²) in [6.45, 7) is 22.6. The van der Waals surface area contributed by atoms with Crippen LogP contribution in [0.4, 0.5) is 22.7 Å². The number of halogens is 5. The number of rotatable bonds is 21. The molecule has 2 atom stereocenters. The molecular formula is C75H85I5N4O10S2. The Kier molecular flexibility index (Phi) is 27.9. The molecule has 4 aliphatic heterocycles. The number of nitrogens with zero attached hydrogens (tertiary/aromatic N) is 4. The molecule has 0 amide bonds. The molecule has 9 rings (SSSR count). The van der Waals surface area contributed by atoms with Gasteiger partial charge in [-0.2, -0.15) is 13.7 Å². The number of aliphatic carboxylic acids is 2. The molecule has 512 valence electrons. The number of hydrogen-bond donors (Lipinski definition) is 2. The maximum absolute atomic E-state index is 12.5. The van der Waals surface area contributed by atoms with Crippen molar-refractivity contribution in [1.82, 2.24) is 0 Å². The summed E-state index contributed by atoms with van der Waals surface area (Å²) < 4.78 is 80.4. The van der Waals surface area contributed by atoms with E-state index in [9.17, 15) is 45.7 Å². The fraction of sp³-hybridized carbons (Fsp3) is 0.347. The van der Waals surface area contributed by atoms with Crippen molar-refractivity contribution in [2.75, 3.05) is 19.0 Å². The number of allylic oxidation sites excluding steroid dienone is 14. The Hall–Kier alpha value is -4.50. The van der Waals surface area contributed by atoms with Gasteiger partial charge in [0.2, 0.25) is 17.1 Å².